The molecule has 1 aliphatic heterocycles. The van der Waals surface area contributed by atoms with Gasteiger partial charge in [0.05, 0.1) is 26.1 Å². The molecule has 1 rings (SSSR count). The van der Waals surface area contributed by atoms with Gasteiger partial charge in [0.2, 0.25) is 0 Å². The fraction of sp³-hybridized carbons (Fsp3) is 0.917. The summed E-state index contributed by atoms with van der Waals surface area (Å²) in [6.07, 6.45) is 3.99. The Kier molecular flexibility index (Phi) is 4.58. The van der Waals surface area contributed by atoms with Gasteiger partial charge in [-0.25, -0.2) is 0 Å². The number of esters is 1. The first-order valence-electron chi connectivity index (χ1n) is 6.04. The number of likely N-dealkylation sites (tertiary alicyclic amines) is 1. The number of rotatable bonds is 4. The van der Waals surface area contributed by atoms with Gasteiger partial charge in [-0.3, -0.25) is 4.79 Å². The fourth-order valence-corrected chi connectivity index (χ4v) is 2.03. The van der Waals surface area contributed by atoms with E-state index < -0.39 is 0 Å². The molecule has 0 spiro atoms. The van der Waals surface area contributed by atoms with Crippen LogP contribution in [0.1, 0.15) is 33.1 Å². The highest BCUT2D eigenvalue weighted by atomic mass is 16.5. The van der Waals surface area contributed by atoms with Crippen molar-refractivity contribution in [2.24, 2.45) is 5.92 Å². The highest BCUT2D eigenvalue weighted by Gasteiger charge is 2.24. The van der Waals surface area contributed by atoms with Crippen LogP contribution in [0.2, 0.25) is 0 Å². The number of quaternary nitrogens is 1. The van der Waals surface area contributed by atoms with E-state index in [4.69, 9.17) is 4.74 Å². The number of hydrogen-bond donors (Lipinski definition) is 0. The molecular weight excluding hydrogens is 190 g/mol. The average Bonchev–Trinajstić information content (AvgIpc) is 2.18. The molecule has 0 atom stereocenters. The monoisotopic (exact) mass is 214 g/mol. The summed E-state index contributed by atoms with van der Waals surface area (Å²) in [7, 11) is 2.27. The van der Waals surface area contributed by atoms with Gasteiger partial charge in [-0.1, -0.05) is 13.8 Å². The summed E-state index contributed by atoms with van der Waals surface area (Å²) in [5.74, 6) is -0.0738. The van der Waals surface area contributed by atoms with Crippen LogP contribution in [0, 0.1) is 5.92 Å². The van der Waals surface area contributed by atoms with Crippen molar-refractivity contribution >= 4 is 5.97 Å². The summed E-state index contributed by atoms with van der Waals surface area (Å²) in [6.45, 7) is 7.77. The number of carbonyl (C=O) groups excluding carboxylic acids is 1. The molecule has 0 aliphatic carbocycles. The zero-order valence-corrected chi connectivity index (χ0v) is 10.3. The average molecular weight is 214 g/mol. The predicted molar refractivity (Wildman–Crippen MR) is 60.4 cm³/mol. The van der Waals surface area contributed by atoms with Gasteiger partial charge in [0.25, 0.3) is 0 Å². The second-order valence-electron chi connectivity index (χ2n) is 5.17. The van der Waals surface area contributed by atoms with E-state index in [9.17, 15) is 4.79 Å². The molecule has 88 valence electrons. The molecule has 3 heteroatoms. The largest absolute Gasteiger partial charge is 0.459 e. The maximum Gasteiger partial charge on any atom is 0.308 e. The lowest BCUT2D eigenvalue weighted by molar-refractivity contribution is -0.914. The Balaban J connectivity index is 2.21. The Bertz CT molecular complexity index is 208. The Morgan fingerprint density at radius 3 is 2.40 bits per heavy atom. The van der Waals surface area contributed by atoms with Crippen LogP contribution in [-0.2, 0) is 9.53 Å². The maximum atomic E-state index is 11.3. The van der Waals surface area contributed by atoms with Crippen molar-refractivity contribution in [3.63, 3.8) is 0 Å². The molecule has 0 radical (unpaired) electrons. The highest BCUT2D eigenvalue weighted by molar-refractivity contribution is 5.71. The van der Waals surface area contributed by atoms with E-state index in [1.54, 1.807) is 0 Å². The smallest absolute Gasteiger partial charge is 0.308 e. The molecular formula is C12H24NO2+. The summed E-state index contributed by atoms with van der Waals surface area (Å²) in [4.78, 5) is 11.3. The minimum Gasteiger partial charge on any atom is -0.459 e. The van der Waals surface area contributed by atoms with Crippen molar-refractivity contribution in [1.82, 2.24) is 0 Å². The number of nitrogens with zero attached hydrogens (tertiary/aromatic N) is 1. The molecule has 1 saturated heterocycles. The Hall–Kier alpha value is -0.570. The van der Waals surface area contributed by atoms with Gasteiger partial charge in [0.1, 0.15) is 13.2 Å². The molecule has 1 aliphatic rings. The third-order valence-electron chi connectivity index (χ3n) is 3.24. The fourth-order valence-electron chi connectivity index (χ4n) is 2.03. The van der Waals surface area contributed by atoms with Crippen LogP contribution in [0.15, 0.2) is 0 Å². The van der Waals surface area contributed by atoms with Gasteiger partial charge in [-0.15, -0.1) is 0 Å². The zero-order valence-electron chi connectivity index (χ0n) is 10.3. The first-order valence-corrected chi connectivity index (χ1v) is 6.04. The van der Waals surface area contributed by atoms with Crippen LogP contribution in [0.25, 0.3) is 0 Å². The molecule has 0 unspecified atom stereocenters. The van der Waals surface area contributed by atoms with Crippen molar-refractivity contribution in [3.05, 3.63) is 0 Å². The standard InChI is InChI=1S/C12H24NO2/c1-11(2)12(14)15-10-9-13(3)7-5-4-6-8-13/h11H,4-10H2,1-3H3/q+1. The van der Waals surface area contributed by atoms with Gasteiger partial charge < -0.3 is 9.22 Å². The van der Waals surface area contributed by atoms with E-state index in [1.165, 1.54) is 32.4 Å². The number of piperidine rings is 1. The van der Waals surface area contributed by atoms with Gasteiger partial charge in [0.15, 0.2) is 0 Å². The maximum absolute atomic E-state index is 11.3. The van der Waals surface area contributed by atoms with Gasteiger partial charge in [-0.05, 0) is 19.3 Å². The number of ether oxygens (including phenoxy) is 1. The van der Waals surface area contributed by atoms with Gasteiger partial charge >= 0.3 is 5.97 Å². The third-order valence-corrected chi connectivity index (χ3v) is 3.24. The topological polar surface area (TPSA) is 26.3 Å². The van der Waals surface area contributed by atoms with Crippen LogP contribution < -0.4 is 0 Å². The first-order chi connectivity index (χ1) is 7.03. The molecule has 1 heterocycles. The van der Waals surface area contributed by atoms with Crippen LogP contribution >= 0.6 is 0 Å². The number of likely N-dealkylation sites (N-methyl/N-ethyl adjacent to an activating group) is 1. The molecule has 0 aromatic heterocycles. The molecule has 0 aromatic carbocycles. The lowest BCUT2D eigenvalue weighted by Crippen LogP contribution is -2.49. The normalized spacial score (nSPS) is 20.3. The SMILES string of the molecule is CC(C)C(=O)OCC[N+]1(C)CCCCC1. The van der Waals surface area contributed by atoms with E-state index in [-0.39, 0.29) is 11.9 Å². The Morgan fingerprint density at radius 1 is 1.27 bits per heavy atom. The molecule has 0 amide bonds. The molecule has 0 aromatic rings. The van der Waals surface area contributed by atoms with Crippen molar-refractivity contribution < 1.29 is 14.0 Å². The van der Waals surface area contributed by atoms with Crippen molar-refractivity contribution in [3.8, 4) is 0 Å². The van der Waals surface area contributed by atoms with E-state index in [0.717, 1.165) is 11.0 Å². The second-order valence-corrected chi connectivity index (χ2v) is 5.17. The van der Waals surface area contributed by atoms with Crippen LogP contribution in [0.3, 0.4) is 0 Å². The van der Waals surface area contributed by atoms with E-state index in [1.807, 2.05) is 13.8 Å². The minimum atomic E-state index is -0.0707. The van der Waals surface area contributed by atoms with Crippen molar-refractivity contribution in [2.45, 2.75) is 33.1 Å². The quantitative estimate of drug-likeness (QED) is 0.527. The highest BCUT2D eigenvalue weighted by Crippen LogP contribution is 2.15. The first kappa shape index (κ1) is 12.5. The predicted octanol–water partition coefficient (Wildman–Crippen LogP) is 1.82. The van der Waals surface area contributed by atoms with E-state index >= 15 is 0 Å². The molecule has 1 fully saturated rings. The molecule has 0 saturated carbocycles. The van der Waals surface area contributed by atoms with E-state index in [2.05, 4.69) is 7.05 Å². The molecule has 15 heavy (non-hydrogen) atoms. The minimum absolute atomic E-state index is 0.00309. The van der Waals surface area contributed by atoms with E-state index in [0.29, 0.717) is 6.61 Å². The molecule has 0 N–H and O–H groups in total. The zero-order chi connectivity index (χ0) is 11.3. The lowest BCUT2D eigenvalue weighted by Gasteiger charge is -2.37. The summed E-state index contributed by atoms with van der Waals surface area (Å²) >= 11 is 0. The van der Waals surface area contributed by atoms with Gasteiger partial charge in [0, 0.05) is 0 Å². The molecule has 3 nitrogen and oxygen atoms in total. The molecule has 0 bridgehead atoms. The van der Waals surface area contributed by atoms with Crippen LogP contribution in [0.4, 0.5) is 0 Å². The third kappa shape index (κ3) is 4.20. The summed E-state index contributed by atoms with van der Waals surface area (Å²) < 4.78 is 6.29. The van der Waals surface area contributed by atoms with Gasteiger partial charge in [-0.2, -0.15) is 0 Å². The van der Waals surface area contributed by atoms with Crippen molar-refractivity contribution in [2.75, 3.05) is 33.3 Å². The summed E-state index contributed by atoms with van der Waals surface area (Å²) in [6, 6.07) is 0. The lowest BCUT2D eigenvalue weighted by atomic mass is 10.1. The Morgan fingerprint density at radius 2 is 1.87 bits per heavy atom. The number of carbonyl (C=O) groups is 1. The number of hydrogen-bond acceptors (Lipinski definition) is 2. The summed E-state index contributed by atoms with van der Waals surface area (Å²) in [5, 5.41) is 0. The Labute approximate surface area is 93.0 Å². The van der Waals surface area contributed by atoms with Crippen LogP contribution in [-0.4, -0.2) is 43.7 Å². The van der Waals surface area contributed by atoms with Crippen molar-refractivity contribution in [1.29, 1.82) is 0 Å². The second kappa shape index (κ2) is 5.50. The summed E-state index contributed by atoms with van der Waals surface area (Å²) in [5.41, 5.74) is 0. The van der Waals surface area contributed by atoms with Crippen LogP contribution in [0.5, 0.6) is 0 Å².